The summed E-state index contributed by atoms with van der Waals surface area (Å²) in [6.45, 7) is 0.0785. The molecule has 1 fully saturated rings. The lowest BCUT2D eigenvalue weighted by atomic mass is 10.1. The fraction of sp³-hybridized carbons (Fsp3) is 0.333. The Bertz CT molecular complexity index is 694. The molecule has 126 valence electrons. The Hall–Kier alpha value is -2.18. The summed E-state index contributed by atoms with van der Waals surface area (Å²) in [7, 11) is 0. The van der Waals surface area contributed by atoms with E-state index < -0.39 is 0 Å². The van der Waals surface area contributed by atoms with Crippen molar-refractivity contribution < 1.29 is 14.7 Å². The molecule has 0 aliphatic heterocycles. The number of amides is 2. The number of carbonyl (C=O) groups is 2. The Labute approximate surface area is 144 Å². The van der Waals surface area contributed by atoms with Crippen molar-refractivity contribution in [3.05, 3.63) is 52.2 Å². The van der Waals surface area contributed by atoms with E-state index in [4.69, 9.17) is 5.11 Å². The first-order valence-electron chi connectivity index (χ1n) is 8.04. The van der Waals surface area contributed by atoms with Gasteiger partial charge in [0.25, 0.3) is 11.8 Å². The predicted octanol–water partition coefficient (Wildman–Crippen LogP) is 2.89. The first-order valence-corrected chi connectivity index (χ1v) is 8.92. The second-order valence-corrected chi connectivity index (χ2v) is 6.89. The van der Waals surface area contributed by atoms with Crippen LogP contribution >= 0.6 is 11.3 Å². The zero-order chi connectivity index (χ0) is 16.9. The number of aliphatic hydroxyl groups is 1. The van der Waals surface area contributed by atoms with Gasteiger partial charge in [0.1, 0.15) is 0 Å². The van der Waals surface area contributed by atoms with E-state index in [9.17, 15) is 9.59 Å². The van der Waals surface area contributed by atoms with E-state index in [2.05, 4.69) is 10.6 Å². The van der Waals surface area contributed by atoms with Crippen molar-refractivity contribution in [1.82, 2.24) is 5.32 Å². The van der Waals surface area contributed by atoms with Crippen LogP contribution in [-0.2, 0) is 0 Å². The molecule has 0 spiro atoms. The highest BCUT2D eigenvalue weighted by molar-refractivity contribution is 7.12. The number of benzene rings is 1. The summed E-state index contributed by atoms with van der Waals surface area (Å²) in [5, 5.41) is 16.8. The van der Waals surface area contributed by atoms with Gasteiger partial charge >= 0.3 is 0 Å². The van der Waals surface area contributed by atoms with Gasteiger partial charge in [0.2, 0.25) is 0 Å². The SMILES string of the molecule is O=C(NC(CCO)C1CC1)c1ccc(NC(=O)c2cccs2)cc1. The molecule has 5 nitrogen and oxygen atoms in total. The van der Waals surface area contributed by atoms with Crippen LogP contribution in [0.5, 0.6) is 0 Å². The van der Waals surface area contributed by atoms with Gasteiger partial charge in [0, 0.05) is 23.9 Å². The molecule has 3 N–H and O–H groups in total. The molecule has 1 aromatic carbocycles. The monoisotopic (exact) mass is 344 g/mol. The summed E-state index contributed by atoms with van der Waals surface area (Å²) in [5.74, 6) is 0.195. The fourth-order valence-electron chi connectivity index (χ4n) is 2.62. The molecule has 0 radical (unpaired) electrons. The van der Waals surface area contributed by atoms with Crippen LogP contribution in [0.4, 0.5) is 5.69 Å². The van der Waals surface area contributed by atoms with E-state index in [0.29, 0.717) is 28.5 Å². The Morgan fingerprint density at radius 2 is 1.92 bits per heavy atom. The zero-order valence-corrected chi connectivity index (χ0v) is 14.0. The van der Waals surface area contributed by atoms with Crippen LogP contribution in [0, 0.1) is 5.92 Å². The van der Waals surface area contributed by atoms with Gasteiger partial charge in [-0.3, -0.25) is 9.59 Å². The smallest absolute Gasteiger partial charge is 0.265 e. The van der Waals surface area contributed by atoms with E-state index in [0.717, 1.165) is 12.8 Å². The predicted molar refractivity (Wildman–Crippen MR) is 94.4 cm³/mol. The Morgan fingerprint density at radius 1 is 1.17 bits per heavy atom. The van der Waals surface area contributed by atoms with Gasteiger partial charge in [-0.05, 0) is 60.9 Å². The lowest BCUT2D eigenvalue weighted by Crippen LogP contribution is -2.37. The van der Waals surface area contributed by atoms with Crippen molar-refractivity contribution in [2.24, 2.45) is 5.92 Å². The molecule has 24 heavy (non-hydrogen) atoms. The molecule has 6 heteroatoms. The summed E-state index contributed by atoms with van der Waals surface area (Å²) in [4.78, 5) is 24.9. The van der Waals surface area contributed by atoms with Gasteiger partial charge in [-0.1, -0.05) is 6.07 Å². The molecule has 2 aromatic rings. The lowest BCUT2D eigenvalue weighted by Gasteiger charge is -2.17. The van der Waals surface area contributed by atoms with E-state index in [1.807, 2.05) is 11.4 Å². The van der Waals surface area contributed by atoms with Gasteiger partial charge in [0.05, 0.1) is 4.88 Å². The molecule has 1 heterocycles. The Morgan fingerprint density at radius 3 is 2.50 bits per heavy atom. The topological polar surface area (TPSA) is 78.4 Å². The number of hydrogen-bond donors (Lipinski definition) is 3. The Balaban J connectivity index is 1.59. The number of rotatable bonds is 7. The molecular formula is C18H20N2O3S. The quantitative estimate of drug-likeness (QED) is 0.723. The number of thiophene rings is 1. The Kier molecular flexibility index (Phi) is 5.27. The summed E-state index contributed by atoms with van der Waals surface area (Å²) in [6, 6.07) is 10.5. The molecule has 1 saturated carbocycles. The van der Waals surface area contributed by atoms with Crippen molar-refractivity contribution in [3.8, 4) is 0 Å². The fourth-order valence-corrected chi connectivity index (χ4v) is 3.24. The molecule has 1 atom stereocenters. The number of hydrogen-bond acceptors (Lipinski definition) is 4. The van der Waals surface area contributed by atoms with Crippen molar-refractivity contribution >= 4 is 28.8 Å². The largest absolute Gasteiger partial charge is 0.396 e. The van der Waals surface area contributed by atoms with Crippen molar-refractivity contribution in [3.63, 3.8) is 0 Å². The van der Waals surface area contributed by atoms with Crippen molar-refractivity contribution in [2.75, 3.05) is 11.9 Å². The van der Waals surface area contributed by atoms with E-state index >= 15 is 0 Å². The van der Waals surface area contributed by atoms with E-state index in [-0.39, 0.29) is 24.5 Å². The molecule has 3 rings (SSSR count). The lowest BCUT2D eigenvalue weighted by molar-refractivity contribution is 0.0924. The van der Waals surface area contributed by atoms with Gasteiger partial charge in [-0.25, -0.2) is 0 Å². The van der Waals surface area contributed by atoms with E-state index in [1.54, 1.807) is 30.3 Å². The van der Waals surface area contributed by atoms with Crippen LogP contribution in [0.3, 0.4) is 0 Å². The molecule has 2 amide bonds. The number of aliphatic hydroxyl groups excluding tert-OH is 1. The van der Waals surface area contributed by atoms with Crippen LogP contribution in [0.25, 0.3) is 0 Å². The minimum Gasteiger partial charge on any atom is -0.396 e. The summed E-state index contributed by atoms with van der Waals surface area (Å²) >= 11 is 1.38. The maximum absolute atomic E-state index is 12.3. The van der Waals surface area contributed by atoms with Gasteiger partial charge < -0.3 is 15.7 Å². The molecule has 1 unspecified atom stereocenters. The van der Waals surface area contributed by atoms with Crippen LogP contribution in [0.1, 0.15) is 39.3 Å². The zero-order valence-electron chi connectivity index (χ0n) is 13.2. The van der Waals surface area contributed by atoms with Crippen molar-refractivity contribution in [1.29, 1.82) is 0 Å². The first kappa shape index (κ1) is 16.7. The molecular weight excluding hydrogens is 324 g/mol. The second-order valence-electron chi connectivity index (χ2n) is 5.94. The number of carbonyl (C=O) groups excluding carboxylic acids is 2. The van der Waals surface area contributed by atoms with Crippen LogP contribution in [-0.4, -0.2) is 29.6 Å². The normalized spacial score (nSPS) is 14.9. The molecule has 0 saturated heterocycles. The molecule has 0 bridgehead atoms. The highest BCUT2D eigenvalue weighted by atomic mass is 32.1. The van der Waals surface area contributed by atoms with Gasteiger partial charge in [-0.2, -0.15) is 0 Å². The molecule has 1 aliphatic rings. The third-order valence-corrected chi connectivity index (χ3v) is 4.97. The number of anilines is 1. The van der Waals surface area contributed by atoms with Crippen LogP contribution in [0.15, 0.2) is 41.8 Å². The summed E-state index contributed by atoms with van der Waals surface area (Å²) in [6.07, 6.45) is 2.81. The third-order valence-electron chi connectivity index (χ3n) is 4.10. The average Bonchev–Trinajstić information content (AvgIpc) is 3.28. The first-order chi connectivity index (χ1) is 11.7. The summed E-state index contributed by atoms with van der Waals surface area (Å²) < 4.78 is 0. The van der Waals surface area contributed by atoms with Gasteiger partial charge in [0.15, 0.2) is 0 Å². The molecule has 1 aliphatic carbocycles. The second kappa shape index (κ2) is 7.59. The van der Waals surface area contributed by atoms with Gasteiger partial charge in [-0.15, -0.1) is 11.3 Å². The minimum atomic E-state index is -0.154. The average molecular weight is 344 g/mol. The summed E-state index contributed by atoms with van der Waals surface area (Å²) in [5.41, 5.74) is 1.20. The maximum Gasteiger partial charge on any atom is 0.265 e. The standard InChI is InChI=1S/C18H20N2O3S/c21-10-9-15(12-3-4-12)20-17(22)13-5-7-14(8-6-13)19-18(23)16-2-1-11-24-16/h1-2,5-8,11-12,15,21H,3-4,9-10H2,(H,19,23)(H,20,22). The van der Waals surface area contributed by atoms with Crippen molar-refractivity contribution in [2.45, 2.75) is 25.3 Å². The number of nitrogens with one attached hydrogen (secondary N) is 2. The van der Waals surface area contributed by atoms with E-state index in [1.165, 1.54) is 11.3 Å². The third kappa shape index (κ3) is 4.21. The minimum absolute atomic E-state index is 0.0423. The molecule has 1 aromatic heterocycles. The highest BCUT2D eigenvalue weighted by Gasteiger charge is 2.31. The van der Waals surface area contributed by atoms with Crippen LogP contribution < -0.4 is 10.6 Å². The van der Waals surface area contributed by atoms with Crippen LogP contribution in [0.2, 0.25) is 0 Å². The highest BCUT2D eigenvalue weighted by Crippen LogP contribution is 2.34. The maximum atomic E-state index is 12.3.